The summed E-state index contributed by atoms with van der Waals surface area (Å²) in [6.07, 6.45) is 1.80. The molecule has 0 aromatic heterocycles. The molecular formula is C25H27NO5. The molecule has 6 heteroatoms. The first-order chi connectivity index (χ1) is 14.8. The summed E-state index contributed by atoms with van der Waals surface area (Å²) in [5, 5.41) is 19.8. The lowest BCUT2D eigenvalue weighted by molar-refractivity contribution is -0.140. The summed E-state index contributed by atoms with van der Waals surface area (Å²) < 4.78 is 0. The lowest BCUT2D eigenvalue weighted by atomic mass is 9.94. The topological polar surface area (TPSA) is 94.9 Å². The van der Waals surface area contributed by atoms with E-state index in [4.69, 9.17) is 5.11 Å². The molecule has 1 aliphatic heterocycles. The van der Waals surface area contributed by atoms with Gasteiger partial charge in [0.2, 0.25) is 0 Å². The number of amides is 1. The number of benzene rings is 2. The second-order valence-electron chi connectivity index (χ2n) is 7.97. The summed E-state index contributed by atoms with van der Waals surface area (Å²) in [5.41, 5.74) is 3.40. The Morgan fingerprint density at radius 1 is 0.871 bits per heavy atom. The predicted molar refractivity (Wildman–Crippen MR) is 117 cm³/mol. The Labute approximate surface area is 181 Å². The van der Waals surface area contributed by atoms with Gasteiger partial charge >= 0.3 is 5.97 Å². The van der Waals surface area contributed by atoms with Gasteiger partial charge in [-0.3, -0.25) is 14.4 Å². The maximum Gasteiger partial charge on any atom is 0.303 e. The van der Waals surface area contributed by atoms with Crippen LogP contribution in [-0.2, 0) is 14.4 Å². The van der Waals surface area contributed by atoms with Gasteiger partial charge in [0.25, 0.3) is 11.7 Å². The number of aliphatic hydroxyl groups is 1. The molecule has 2 N–H and O–H groups in total. The van der Waals surface area contributed by atoms with Gasteiger partial charge in [0.05, 0.1) is 11.6 Å². The Kier molecular flexibility index (Phi) is 6.90. The average molecular weight is 421 g/mol. The van der Waals surface area contributed by atoms with E-state index in [1.807, 2.05) is 50.2 Å². The van der Waals surface area contributed by atoms with Crippen LogP contribution in [0.15, 0.2) is 54.1 Å². The third-order valence-corrected chi connectivity index (χ3v) is 5.55. The van der Waals surface area contributed by atoms with Crippen LogP contribution in [0.5, 0.6) is 0 Å². The van der Waals surface area contributed by atoms with Crippen LogP contribution < -0.4 is 0 Å². The molecule has 162 valence electrons. The SMILES string of the molecule is Cc1ccc(C(O)=C2C(=O)C(=O)N(CCCCCC(=O)O)C2c2ccc(C)cc2)cc1. The van der Waals surface area contributed by atoms with E-state index < -0.39 is 23.7 Å². The Bertz CT molecular complexity index is 1010. The number of likely N-dealkylation sites (tertiary alicyclic amines) is 1. The standard InChI is InChI=1S/C25H27NO5/c1-16-7-11-18(12-8-16)22-21(23(29)19-13-9-17(2)10-14-19)24(30)25(31)26(22)15-5-3-4-6-20(27)28/h7-14,22,29H,3-6,15H2,1-2H3,(H,27,28). The Hall–Kier alpha value is -3.41. The van der Waals surface area contributed by atoms with Crippen molar-refractivity contribution in [1.82, 2.24) is 4.90 Å². The number of Topliss-reactive ketones (excluding diaryl/α,β-unsaturated/α-hetero) is 1. The third kappa shape index (κ3) is 5.02. The van der Waals surface area contributed by atoms with E-state index >= 15 is 0 Å². The summed E-state index contributed by atoms with van der Waals surface area (Å²) >= 11 is 0. The summed E-state index contributed by atoms with van der Waals surface area (Å²) in [5.74, 6) is -2.37. The largest absolute Gasteiger partial charge is 0.507 e. The summed E-state index contributed by atoms with van der Waals surface area (Å²) in [6, 6.07) is 14.0. The van der Waals surface area contributed by atoms with Crippen molar-refractivity contribution in [3.63, 3.8) is 0 Å². The molecular weight excluding hydrogens is 394 g/mol. The molecule has 0 bridgehead atoms. The van der Waals surface area contributed by atoms with Crippen molar-refractivity contribution in [3.8, 4) is 0 Å². The van der Waals surface area contributed by atoms with E-state index in [1.165, 1.54) is 4.90 Å². The monoisotopic (exact) mass is 421 g/mol. The molecule has 1 atom stereocenters. The van der Waals surface area contributed by atoms with Crippen LogP contribution >= 0.6 is 0 Å². The van der Waals surface area contributed by atoms with Gasteiger partial charge < -0.3 is 15.1 Å². The van der Waals surface area contributed by atoms with Crippen molar-refractivity contribution in [3.05, 3.63) is 76.4 Å². The minimum absolute atomic E-state index is 0.0770. The summed E-state index contributed by atoms with van der Waals surface area (Å²) in [6.45, 7) is 4.20. The van der Waals surface area contributed by atoms with E-state index in [0.29, 0.717) is 31.4 Å². The molecule has 2 aromatic rings. The lowest BCUT2D eigenvalue weighted by Crippen LogP contribution is -2.30. The first kappa shape index (κ1) is 22.3. The fraction of sp³-hybridized carbons (Fsp3) is 0.320. The molecule has 0 saturated carbocycles. The number of ketones is 1. The Morgan fingerprint density at radius 2 is 1.45 bits per heavy atom. The molecule has 1 saturated heterocycles. The number of carbonyl (C=O) groups is 3. The van der Waals surface area contributed by atoms with Gasteiger partial charge in [-0.15, -0.1) is 0 Å². The molecule has 31 heavy (non-hydrogen) atoms. The first-order valence-corrected chi connectivity index (χ1v) is 10.4. The number of hydrogen-bond acceptors (Lipinski definition) is 4. The normalized spacial score (nSPS) is 17.9. The number of aryl methyl sites for hydroxylation is 2. The Balaban J connectivity index is 1.96. The molecule has 1 unspecified atom stereocenters. The fourth-order valence-electron chi connectivity index (χ4n) is 3.81. The van der Waals surface area contributed by atoms with Gasteiger partial charge in [-0.1, -0.05) is 66.1 Å². The number of aliphatic carboxylic acids is 1. The average Bonchev–Trinajstić information content (AvgIpc) is 2.99. The van der Waals surface area contributed by atoms with Crippen LogP contribution in [0.25, 0.3) is 5.76 Å². The number of nitrogens with zero attached hydrogens (tertiary/aromatic N) is 1. The van der Waals surface area contributed by atoms with E-state index in [9.17, 15) is 19.5 Å². The van der Waals surface area contributed by atoms with Crippen LogP contribution in [0.2, 0.25) is 0 Å². The molecule has 1 heterocycles. The maximum absolute atomic E-state index is 12.9. The van der Waals surface area contributed by atoms with Gasteiger partial charge in [0.1, 0.15) is 5.76 Å². The highest BCUT2D eigenvalue weighted by atomic mass is 16.4. The first-order valence-electron chi connectivity index (χ1n) is 10.4. The molecule has 0 spiro atoms. The number of rotatable bonds is 8. The number of carbonyl (C=O) groups excluding carboxylic acids is 2. The number of carboxylic acids is 1. The van der Waals surface area contributed by atoms with E-state index in [-0.39, 0.29) is 17.8 Å². The minimum Gasteiger partial charge on any atom is -0.507 e. The Morgan fingerprint density at radius 3 is 2.03 bits per heavy atom. The minimum atomic E-state index is -0.849. The van der Waals surface area contributed by atoms with Crippen molar-refractivity contribution < 1.29 is 24.6 Å². The van der Waals surface area contributed by atoms with Gasteiger partial charge in [-0.25, -0.2) is 0 Å². The molecule has 3 rings (SSSR count). The zero-order valence-electron chi connectivity index (χ0n) is 17.8. The number of aliphatic hydroxyl groups excluding tert-OH is 1. The second kappa shape index (κ2) is 9.60. The fourth-order valence-corrected chi connectivity index (χ4v) is 3.81. The highest BCUT2D eigenvalue weighted by Gasteiger charge is 2.45. The molecule has 1 amide bonds. The van der Waals surface area contributed by atoms with E-state index in [2.05, 4.69) is 0 Å². The van der Waals surface area contributed by atoms with Gasteiger partial charge in [0.15, 0.2) is 0 Å². The van der Waals surface area contributed by atoms with Gasteiger partial charge in [-0.05, 0) is 32.3 Å². The van der Waals surface area contributed by atoms with Crippen molar-refractivity contribution in [1.29, 1.82) is 0 Å². The molecule has 1 fully saturated rings. The molecule has 0 aliphatic carbocycles. The predicted octanol–water partition coefficient (Wildman–Crippen LogP) is 4.37. The lowest BCUT2D eigenvalue weighted by Gasteiger charge is -2.25. The smallest absolute Gasteiger partial charge is 0.303 e. The molecule has 1 aliphatic rings. The highest BCUT2D eigenvalue weighted by Crippen LogP contribution is 2.39. The third-order valence-electron chi connectivity index (χ3n) is 5.55. The number of hydrogen-bond donors (Lipinski definition) is 2. The van der Waals surface area contributed by atoms with E-state index in [0.717, 1.165) is 16.7 Å². The van der Waals surface area contributed by atoms with Crippen molar-refractivity contribution >= 4 is 23.4 Å². The van der Waals surface area contributed by atoms with Crippen molar-refractivity contribution in [2.24, 2.45) is 0 Å². The van der Waals surface area contributed by atoms with Crippen molar-refractivity contribution in [2.45, 2.75) is 45.6 Å². The van der Waals surface area contributed by atoms with Crippen LogP contribution in [0.4, 0.5) is 0 Å². The van der Waals surface area contributed by atoms with Crippen molar-refractivity contribution in [2.75, 3.05) is 6.54 Å². The zero-order chi connectivity index (χ0) is 22.5. The number of unbranched alkanes of at least 4 members (excludes halogenated alkanes) is 2. The summed E-state index contributed by atoms with van der Waals surface area (Å²) in [4.78, 5) is 38.0. The van der Waals surface area contributed by atoms with Gasteiger partial charge in [-0.2, -0.15) is 0 Å². The van der Waals surface area contributed by atoms with Crippen LogP contribution in [0.1, 0.15) is 54.0 Å². The molecule has 2 aromatic carbocycles. The van der Waals surface area contributed by atoms with Crippen LogP contribution in [0.3, 0.4) is 0 Å². The molecule has 0 radical (unpaired) electrons. The highest BCUT2D eigenvalue weighted by molar-refractivity contribution is 6.46. The molecule has 6 nitrogen and oxygen atoms in total. The van der Waals surface area contributed by atoms with Crippen LogP contribution in [-0.4, -0.2) is 39.3 Å². The maximum atomic E-state index is 12.9. The number of carboxylic acid groups (broad SMARTS) is 1. The van der Waals surface area contributed by atoms with Crippen LogP contribution in [0, 0.1) is 13.8 Å². The van der Waals surface area contributed by atoms with Gasteiger partial charge in [0, 0.05) is 18.5 Å². The second-order valence-corrected chi connectivity index (χ2v) is 7.97. The summed E-state index contributed by atoms with van der Waals surface area (Å²) in [7, 11) is 0. The van der Waals surface area contributed by atoms with E-state index in [1.54, 1.807) is 12.1 Å². The quantitative estimate of drug-likeness (QED) is 0.286. The zero-order valence-corrected chi connectivity index (χ0v) is 17.8.